The maximum Gasteiger partial charge on any atom is 0.324 e. The van der Waals surface area contributed by atoms with Crippen LogP contribution < -0.4 is 10.7 Å². The van der Waals surface area contributed by atoms with Gasteiger partial charge < -0.3 is 29.2 Å². The lowest BCUT2D eigenvalue weighted by Crippen LogP contribution is -2.62. The molecule has 4 aromatic rings. The standard InChI is InChI=1S/C54H67N7O7/c1-8-15-46(62)59-27-24-39(32-59)51(64)58(6)48(36-17-10-11-18-36)50(63)56-44-29-35-16-12-19-37(28-35)38-22-23-45-41(30-38)42(49(60(45)9-2)40-20-13-25-55-47(40)34(3)67-7)31-54(4,5)33-68-53(66)43-21-14-26-61(57-43)52(44)65/h12-13,16,19-20,22-23,25,28,30,34,36,39,43-44,48,57H,9-11,14,17-18,21,24,26-27,29,31-33H2,1-7H3,(H,56,63)/t34-,39-,43-,44-,48?/m0/s1. The fourth-order valence-electron chi connectivity index (χ4n) is 11.0. The highest BCUT2D eigenvalue weighted by atomic mass is 16.5. The smallest absolute Gasteiger partial charge is 0.324 e. The number of cyclic esters (lactones) is 1. The first-order valence-electron chi connectivity index (χ1n) is 24.5. The highest BCUT2D eigenvalue weighted by Gasteiger charge is 2.42. The average Bonchev–Trinajstić information content (AvgIpc) is 4.13. The lowest BCUT2D eigenvalue weighted by atomic mass is 9.84. The Balaban J connectivity index is 1.18. The Morgan fingerprint density at radius 1 is 1.01 bits per heavy atom. The number of carbonyl (C=O) groups excluding carboxylic acids is 5. The number of hydrogen-bond acceptors (Lipinski definition) is 9. The molecule has 5 atom stereocenters. The van der Waals surface area contributed by atoms with E-state index in [2.05, 4.69) is 84.3 Å². The molecule has 14 heteroatoms. The predicted molar refractivity (Wildman–Crippen MR) is 260 cm³/mol. The van der Waals surface area contributed by atoms with Crippen molar-refractivity contribution in [2.24, 2.45) is 17.3 Å². The number of hydrogen-bond donors (Lipinski definition) is 2. The maximum atomic E-state index is 14.9. The van der Waals surface area contributed by atoms with Crippen LogP contribution in [-0.2, 0) is 52.8 Å². The molecule has 3 fully saturated rings. The number of nitrogens with zero attached hydrogens (tertiary/aromatic N) is 5. The molecule has 2 aromatic heterocycles. The second-order valence-electron chi connectivity index (χ2n) is 19.9. The van der Waals surface area contributed by atoms with Crippen molar-refractivity contribution in [1.29, 1.82) is 0 Å². The molecule has 3 aliphatic heterocycles. The molecule has 360 valence electrons. The number of methoxy groups -OCH3 is 1. The van der Waals surface area contributed by atoms with Crippen LogP contribution in [0.5, 0.6) is 0 Å². The Morgan fingerprint density at radius 2 is 1.79 bits per heavy atom. The highest BCUT2D eigenvalue weighted by Crippen LogP contribution is 2.42. The zero-order valence-electron chi connectivity index (χ0n) is 40.7. The molecule has 68 heavy (non-hydrogen) atoms. The fourth-order valence-corrected chi connectivity index (χ4v) is 11.0. The van der Waals surface area contributed by atoms with Crippen LogP contribution in [-0.4, -0.2) is 112 Å². The number of fused-ring (bicyclic) bond motifs is 6. The van der Waals surface area contributed by atoms with E-state index in [0.29, 0.717) is 45.3 Å². The monoisotopic (exact) mass is 926 g/mol. The number of nitrogens with one attached hydrogen (secondary N) is 2. The van der Waals surface area contributed by atoms with E-state index < -0.39 is 41.3 Å². The quantitative estimate of drug-likeness (QED) is 0.139. The summed E-state index contributed by atoms with van der Waals surface area (Å²) in [7, 11) is 3.37. The largest absolute Gasteiger partial charge is 0.464 e. The second-order valence-corrected chi connectivity index (χ2v) is 19.9. The Morgan fingerprint density at radius 3 is 2.54 bits per heavy atom. The van der Waals surface area contributed by atoms with Crippen LogP contribution >= 0.6 is 0 Å². The van der Waals surface area contributed by atoms with Crippen molar-refractivity contribution in [2.75, 3.05) is 40.4 Å². The van der Waals surface area contributed by atoms with E-state index in [1.807, 2.05) is 25.1 Å². The van der Waals surface area contributed by atoms with Crippen LogP contribution in [0.2, 0.25) is 0 Å². The van der Waals surface area contributed by atoms with Gasteiger partial charge >= 0.3 is 5.97 Å². The van der Waals surface area contributed by atoms with Gasteiger partial charge in [-0.1, -0.05) is 62.9 Å². The third kappa shape index (κ3) is 10.1. The summed E-state index contributed by atoms with van der Waals surface area (Å²) in [5, 5.41) is 5.71. The first-order valence-corrected chi connectivity index (χ1v) is 24.5. The van der Waals surface area contributed by atoms with Gasteiger partial charge in [-0.25, -0.2) is 5.43 Å². The van der Waals surface area contributed by atoms with Gasteiger partial charge in [0.2, 0.25) is 11.8 Å². The summed E-state index contributed by atoms with van der Waals surface area (Å²) >= 11 is 0. The van der Waals surface area contributed by atoms with Crippen LogP contribution in [0.4, 0.5) is 0 Å². The first kappa shape index (κ1) is 48.4. The van der Waals surface area contributed by atoms with Crippen molar-refractivity contribution in [2.45, 2.75) is 123 Å². The van der Waals surface area contributed by atoms with Crippen molar-refractivity contribution in [3.05, 3.63) is 77.6 Å². The number of amides is 4. The predicted octanol–water partition coefficient (Wildman–Crippen LogP) is 6.64. The van der Waals surface area contributed by atoms with Gasteiger partial charge in [-0.15, -0.1) is 0 Å². The lowest BCUT2D eigenvalue weighted by molar-refractivity contribution is -0.155. The van der Waals surface area contributed by atoms with Crippen LogP contribution in [0.15, 0.2) is 60.8 Å². The molecule has 5 heterocycles. The minimum Gasteiger partial charge on any atom is -0.464 e. The van der Waals surface area contributed by atoms with E-state index in [1.165, 1.54) is 5.01 Å². The average molecular weight is 926 g/mol. The second kappa shape index (κ2) is 20.7. The number of benzene rings is 2. The van der Waals surface area contributed by atoms with Crippen molar-refractivity contribution in [3.8, 4) is 34.2 Å². The Bertz CT molecular complexity index is 2620. The summed E-state index contributed by atoms with van der Waals surface area (Å²) in [6.45, 7) is 11.8. The number of ether oxygens (including phenoxy) is 2. The van der Waals surface area contributed by atoms with E-state index >= 15 is 0 Å². The molecule has 8 rings (SSSR count). The highest BCUT2D eigenvalue weighted by molar-refractivity contribution is 5.97. The van der Waals surface area contributed by atoms with Gasteiger partial charge in [0.1, 0.15) is 18.1 Å². The Labute approximate surface area is 400 Å². The van der Waals surface area contributed by atoms with Gasteiger partial charge in [-0.3, -0.25) is 34.0 Å². The van der Waals surface area contributed by atoms with E-state index in [-0.39, 0.29) is 49.3 Å². The number of hydrazine groups is 1. The Kier molecular flexibility index (Phi) is 14.7. The molecule has 0 spiro atoms. The number of carbonyl (C=O) groups is 5. The normalized spacial score (nSPS) is 21.9. The SMILES string of the molecule is CC#CC(=O)N1CC[C@H](C(=O)N(C)C(C(=O)N[C@H]2Cc3cccc(c3)-c3ccc4c(c3)c(c(-c3cccnc3[C@H](C)OC)n4CC)CC(C)(C)COC(=O)[C@@H]3CCCN(N3)C2=O)C2CCCC2)C1. The molecule has 2 N–H and O–H groups in total. The molecular formula is C54H67N7O7. The molecule has 4 aliphatic rings. The summed E-state index contributed by atoms with van der Waals surface area (Å²) < 4.78 is 14.3. The van der Waals surface area contributed by atoms with Crippen LogP contribution in [0, 0.1) is 29.1 Å². The minimum absolute atomic E-state index is 0.0979. The molecule has 1 aliphatic carbocycles. The van der Waals surface area contributed by atoms with E-state index in [1.54, 1.807) is 37.1 Å². The summed E-state index contributed by atoms with van der Waals surface area (Å²) in [5.74, 6) is 2.94. The maximum absolute atomic E-state index is 14.9. The van der Waals surface area contributed by atoms with Gasteiger partial charge in [0.25, 0.3) is 11.8 Å². The molecule has 1 unspecified atom stereocenters. The summed E-state index contributed by atoms with van der Waals surface area (Å²) in [6, 6.07) is 16.1. The number of likely N-dealkylation sites (N-methyl/N-ethyl adjacent to an activating group) is 1. The lowest BCUT2D eigenvalue weighted by Gasteiger charge is -2.37. The molecule has 1 saturated carbocycles. The van der Waals surface area contributed by atoms with Gasteiger partial charge in [0, 0.05) is 74.8 Å². The molecule has 14 nitrogen and oxygen atoms in total. The zero-order chi connectivity index (χ0) is 48.3. The molecular weight excluding hydrogens is 859 g/mol. The van der Waals surface area contributed by atoms with E-state index in [4.69, 9.17) is 14.5 Å². The number of rotatable bonds is 9. The van der Waals surface area contributed by atoms with Crippen LogP contribution in [0.25, 0.3) is 33.3 Å². The zero-order valence-corrected chi connectivity index (χ0v) is 40.7. The third-order valence-electron chi connectivity index (χ3n) is 14.6. The van der Waals surface area contributed by atoms with Crippen molar-refractivity contribution < 1.29 is 33.4 Å². The summed E-state index contributed by atoms with van der Waals surface area (Å²) in [6.07, 6.45) is 7.25. The fraction of sp³-hybridized carbons (Fsp3) is 0.519. The number of likely N-dealkylation sites (tertiary alicyclic amines) is 1. The van der Waals surface area contributed by atoms with E-state index in [0.717, 1.165) is 75.8 Å². The summed E-state index contributed by atoms with van der Waals surface area (Å²) in [4.78, 5) is 78.5. The van der Waals surface area contributed by atoms with E-state index in [9.17, 15) is 24.0 Å². The summed E-state index contributed by atoms with van der Waals surface area (Å²) in [5.41, 5.74) is 10.6. The topological polar surface area (TPSA) is 155 Å². The number of pyridine rings is 1. The minimum atomic E-state index is -1.03. The van der Waals surface area contributed by atoms with Gasteiger partial charge in [-0.05, 0) is 118 Å². The molecule has 2 saturated heterocycles. The van der Waals surface area contributed by atoms with Crippen LogP contribution in [0.3, 0.4) is 0 Å². The van der Waals surface area contributed by atoms with Gasteiger partial charge in [0.15, 0.2) is 0 Å². The number of esters is 1. The van der Waals surface area contributed by atoms with Crippen molar-refractivity contribution in [1.82, 2.24) is 35.1 Å². The van der Waals surface area contributed by atoms with Crippen molar-refractivity contribution in [3.63, 3.8) is 0 Å². The molecule has 2 aromatic carbocycles. The molecule has 4 amide bonds. The molecule has 6 bridgehead atoms. The number of aromatic nitrogens is 2. The van der Waals surface area contributed by atoms with Gasteiger partial charge in [0.05, 0.1) is 30.0 Å². The van der Waals surface area contributed by atoms with Crippen LogP contribution in [0.1, 0.15) is 102 Å². The Hall–Kier alpha value is -6.04. The molecule has 0 radical (unpaired) electrons. The van der Waals surface area contributed by atoms with Gasteiger partial charge in [-0.2, -0.15) is 0 Å². The third-order valence-corrected chi connectivity index (χ3v) is 14.6. The van der Waals surface area contributed by atoms with Crippen molar-refractivity contribution >= 4 is 40.5 Å². The number of aryl methyl sites for hydroxylation is 1. The first-order chi connectivity index (χ1) is 32.7.